The maximum absolute atomic E-state index is 12.1. The van der Waals surface area contributed by atoms with Crippen LogP contribution in [0.1, 0.15) is 41.7 Å². The van der Waals surface area contributed by atoms with E-state index >= 15 is 0 Å². The fraction of sp³-hybridized carbons (Fsp3) is 0.421. The molecule has 1 heterocycles. The highest BCUT2D eigenvalue weighted by Crippen LogP contribution is 2.18. The highest BCUT2D eigenvalue weighted by molar-refractivity contribution is 5.92. The van der Waals surface area contributed by atoms with Gasteiger partial charge in [0.1, 0.15) is 11.6 Å². The molecule has 1 fully saturated rings. The Morgan fingerprint density at radius 1 is 1.12 bits per heavy atom. The Morgan fingerprint density at radius 2 is 1.88 bits per heavy atom. The fourth-order valence-electron chi connectivity index (χ4n) is 3.00. The van der Waals surface area contributed by atoms with Gasteiger partial charge in [0.25, 0.3) is 5.91 Å². The van der Waals surface area contributed by atoms with Gasteiger partial charge in [-0.1, -0.05) is 25.0 Å². The monoisotopic (exact) mass is 340 g/mol. The van der Waals surface area contributed by atoms with Gasteiger partial charge in [-0.3, -0.25) is 4.79 Å². The maximum atomic E-state index is 12.1. The third kappa shape index (κ3) is 4.92. The summed E-state index contributed by atoms with van der Waals surface area (Å²) in [5, 5.41) is 14.4. The zero-order valence-corrected chi connectivity index (χ0v) is 14.5. The molecule has 1 aromatic carbocycles. The number of hydrogen-bond donors (Lipinski definition) is 2. The summed E-state index contributed by atoms with van der Waals surface area (Å²) in [5.41, 5.74) is 1.58. The van der Waals surface area contributed by atoms with E-state index in [2.05, 4.69) is 20.8 Å². The fourth-order valence-corrected chi connectivity index (χ4v) is 3.00. The molecule has 0 atom stereocenters. The van der Waals surface area contributed by atoms with E-state index in [-0.39, 0.29) is 11.9 Å². The third-order valence-electron chi connectivity index (χ3n) is 4.47. The lowest BCUT2D eigenvalue weighted by molar-refractivity contribution is 0.0932. The molecule has 0 saturated heterocycles. The first-order valence-corrected chi connectivity index (χ1v) is 8.76. The number of amides is 1. The minimum absolute atomic E-state index is 0.135. The van der Waals surface area contributed by atoms with Crippen LogP contribution in [0.4, 0.5) is 5.82 Å². The van der Waals surface area contributed by atoms with Crippen LogP contribution in [0.25, 0.3) is 0 Å². The summed E-state index contributed by atoms with van der Waals surface area (Å²) in [6.45, 7) is 0.745. The molecule has 0 radical (unpaired) electrons. The first-order valence-electron chi connectivity index (χ1n) is 8.76. The third-order valence-corrected chi connectivity index (χ3v) is 4.47. The Morgan fingerprint density at radius 3 is 2.52 bits per heavy atom. The van der Waals surface area contributed by atoms with Crippen molar-refractivity contribution in [1.29, 1.82) is 0 Å². The number of rotatable bonds is 7. The molecule has 2 N–H and O–H groups in total. The van der Waals surface area contributed by atoms with Crippen LogP contribution in [0.3, 0.4) is 0 Å². The van der Waals surface area contributed by atoms with Crippen molar-refractivity contribution in [3.05, 3.63) is 47.7 Å². The smallest absolute Gasteiger partial charge is 0.272 e. The summed E-state index contributed by atoms with van der Waals surface area (Å²) in [5.74, 6) is 1.39. The maximum Gasteiger partial charge on any atom is 0.272 e. The van der Waals surface area contributed by atoms with Crippen LogP contribution in [0.15, 0.2) is 36.4 Å². The molecule has 6 heteroatoms. The number of anilines is 1. The van der Waals surface area contributed by atoms with Gasteiger partial charge in [0, 0.05) is 12.6 Å². The SMILES string of the molecule is COc1ccc(CCNc2ccc(C(=O)NC3CCCC3)nn2)cc1. The van der Waals surface area contributed by atoms with Gasteiger partial charge in [0.2, 0.25) is 0 Å². The van der Waals surface area contributed by atoms with Gasteiger partial charge in [-0.25, -0.2) is 0 Å². The van der Waals surface area contributed by atoms with Crippen molar-refractivity contribution in [2.75, 3.05) is 19.0 Å². The molecule has 132 valence electrons. The number of benzene rings is 1. The minimum atomic E-state index is -0.135. The molecule has 0 aliphatic heterocycles. The van der Waals surface area contributed by atoms with E-state index in [1.807, 2.05) is 24.3 Å². The van der Waals surface area contributed by atoms with Gasteiger partial charge in [0.05, 0.1) is 7.11 Å². The second kappa shape index (κ2) is 8.46. The van der Waals surface area contributed by atoms with Crippen LogP contribution in [0, 0.1) is 0 Å². The summed E-state index contributed by atoms with van der Waals surface area (Å²) in [6.07, 6.45) is 5.37. The largest absolute Gasteiger partial charge is 0.497 e. The van der Waals surface area contributed by atoms with Crippen molar-refractivity contribution >= 4 is 11.7 Å². The lowest BCUT2D eigenvalue weighted by Crippen LogP contribution is -2.33. The predicted molar refractivity (Wildman–Crippen MR) is 96.9 cm³/mol. The topological polar surface area (TPSA) is 76.1 Å². The Bertz CT molecular complexity index is 680. The van der Waals surface area contributed by atoms with Crippen LogP contribution in [0.5, 0.6) is 5.75 Å². The average molecular weight is 340 g/mol. The number of aromatic nitrogens is 2. The average Bonchev–Trinajstić information content (AvgIpc) is 3.16. The normalized spacial score (nSPS) is 14.3. The molecular weight excluding hydrogens is 316 g/mol. The van der Waals surface area contributed by atoms with Crippen LogP contribution < -0.4 is 15.4 Å². The lowest BCUT2D eigenvalue weighted by Gasteiger charge is -2.11. The molecular formula is C19H24N4O2. The van der Waals surface area contributed by atoms with Crippen molar-refractivity contribution in [2.24, 2.45) is 0 Å². The number of carbonyl (C=O) groups is 1. The summed E-state index contributed by atoms with van der Waals surface area (Å²) in [6, 6.07) is 11.8. The second-order valence-corrected chi connectivity index (χ2v) is 6.28. The first-order chi connectivity index (χ1) is 12.2. The van der Waals surface area contributed by atoms with Gasteiger partial charge in [-0.15, -0.1) is 10.2 Å². The van der Waals surface area contributed by atoms with E-state index < -0.39 is 0 Å². The van der Waals surface area contributed by atoms with Crippen molar-refractivity contribution in [3.63, 3.8) is 0 Å². The van der Waals surface area contributed by atoms with Crippen molar-refractivity contribution < 1.29 is 9.53 Å². The molecule has 0 bridgehead atoms. The second-order valence-electron chi connectivity index (χ2n) is 6.28. The Hall–Kier alpha value is -2.63. The van der Waals surface area contributed by atoms with Crippen LogP contribution in [-0.2, 0) is 6.42 Å². The van der Waals surface area contributed by atoms with Crippen molar-refractivity contribution in [1.82, 2.24) is 15.5 Å². The molecule has 0 unspecified atom stereocenters. The Labute approximate surface area is 148 Å². The Kier molecular flexibility index (Phi) is 5.82. The highest BCUT2D eigenvalue weighted by Gasteiger charge is 2.18. The first kappa shape index (κ1) is 17.2. The molecule has 3 rings (SSSR count). The molecule has 1 aliphatic carbocycles. The zero-order chi connectivity index (χ0) is 17.5. The summed E-state index contributed by atoms with van der Waals surface area (Å²) in [4.78, 5) is 12.1. The van der Waals surface area contributed by atoms with Gasteiger partial charge < -0.3 is 15.4 Å². The van der Waals surface area contributed by atoms with Crippen LogP contribution >= 0.6 is 0 Å². The number of carbonyl (C=O) groups excluding carboxylic acids is 1. The van der Waals surface area contributed by atoms with Gasteiger partial charge >= 0.3 is 0 Å². The van der Waals surface area contributed by atoms with Crippen molar-refractivity contribution in [2.45, 2.75) is 38.1 Å². The predicted octanol–water partition coefficient (Wildman–Crippen LogP) is 2.81. The van der Waals surface area contributed by atoms with E-state index in [1.54, 1.807) is 19.2 Å². The van der Waals surface area contributed by atoms with Gasteiger partial charge in [-0.2, -0.15) is 0 Å². The minimum Gasteiger partial charge on any atom is -0.497 e. The zero-order valence-electron chi connectivity index (χ0n) is 14.5. The summed E-state index contributed by atoms with van der Waals surface area (Å²) < 4.78 is 5.15. The molecule has 6 nitrogen and oxygen atoms in total. The van der Waals surface area contributed by atoms with Gasteiger partial charge in [-0.05, 0) is 49.1 Å². The number of ether oxygens (including phenoxy) is 1. The van der Waals surface area contributed by atoms with E-state index in [9.17, 15) is 4.79 Å². The molecule has 1 aliphatic rings. The number of hydrogen-bond acceptors (Lipinski definition) is 5. The quantitative estimate of drug-likeness (QED) is 0.810. The molecule has 1 amide bonds. The summed E-state index contributed by atoms with van der Waals surface area (Å²) in [7, 11) is 1.66. The molecule has 0 spiro atoms. The standard InChI is InChI=1S/C19H24N4O2/c1-25-16-8-6-14(7-9-16)12-13-20-18-11-10-17(22-23-18)19(24)21-15-4-2-3-5-15/h6-11,15H,2-5,12-13H2,1H3,(H,20,23)(H,21,24). The Balaban J connectivity index is 1.45. The highest BCUT2D eigenvalue weighted by atomic mass is 16.5. The van der Waals surface area contributed by atoms with E-state index in [4.69, 9.17) is 4.74 Å². The number of nitrogens with zero attached hydrogens (tertiary/aromatic N) is 2. The summed E-state index contributed by atoms with van der Waals surface area (Å²) >= 11 is 0. The van der Waals surface area contributed by atoms with Crippen molar-refractivity contribution in [3.8, 4) is 5.75 Å². The molecule has 25 heavy (non-hydrogen) atoms. The molecule has 1 aromatic heterocycles. The van der Waals surface area contributed by atoms with Gasteiger partial charge in [0.15, 0.2) is 5.69 Å². The van der Waals surface area contributed by atoms with E-state index in [0.29, 0.717) is 11.5 Å². The van der Waals surface area contributed by atoms with E-state index in [1.165, 1.54) is 18.4 Å². The molecule has 2 aromatic rings. The number of methoxy groups -OCH3 is 1. The van der Waals surface area contributed by atoms with Crippen LogP contribution in [0.2, 0.25) is 0 Å². The lowest BCUT2D eigenvalue weighted by atomic mass is 10.1. The molecule has 1 saturated carbocycles. The number of nitrogens with one attached hydrogen (secondary N) is 2. The van der Waals surface area contributed by atoms with E-state index in [0.717, 1.165) is 31.6 Å². The van der Waals surface area contributed by atoms with Crippen LogP contribution in [-0.4, -0.2) is 35.8 Å².